The molecule has 0 radical (unpaired) electrons. The third kappa shape index (κ3) is 3.57. The number of hydrogen-bond acceptors (Lipinski definition) is 3. The highest BCUT2D eigenvalue weighted by Gasteiger charge is 2.25. The molecule has 1 unspecified atom stereocenters. The molecule has 3 heteroatoms. The van der Waals surface area contributed by atoms with Gasteiger partial charge in [0.15, 0.2) is 0 Å². The number of nitrogens with one attached hydrogen (secondary N) is 1. The molecule has 2 aromatic rings. The molecule has 1 fully saturated rings. The van der Waals surface area contributed by atoms with Crippen molar-refractivity contribution < 1.29 is 4.74 Å². The van der Waals surface area contributed by atoms with E-state index in [0.29, 0.717) is 6.04 Å². The molecule has 3 nitrogen and oxygen atoms in total. The van der Waals surface area contributed by atoms with Crippen molar-refractivity contribution in [1.82, 2.24) is 10.2 Å². The van der Waals surface area contributed by atoms with Gasteiger partial charge in [-0.15, -0.1) is 0 Å². The van der Waals surface area contributed by atoms with Crippen molar-refractivity contribution in [3.63, 3.8) is 0 Å². The van der Waals surface area contributed by atoms with Crippen LogP contribution in [0.2, 0.25) is 0 Å². The summed E-state index contributed by atoms with van der Waals surface area (Å²) in [7, 11) is 1.72. The van der Waals surface area contributed by atoms with Crippen molar-refractivity contribution in [3.05, 3.63) is 64.7 Å². The zero-order valence-corrected chi connectivity index (χ0v) is 14.3. The molecule has 23 heavy (non-hydrogen) atoms. The highest BCUT2D eigenvalue weighted by Crippen LogP contribution is 2.33. The number of methoxy groups -OCH3 is 1. The number of aryl methyl sites for hydroxylation is 2. The average Bonchev–Trinajstić information content (AvgIpc) is 2.57. The summed E-state index contributed by atoms with van der Waals surface area (Å²) in [5.74, 6) is 0.926. The minimum atomic E-state index is 0.308. The normalized spacial score (nSPS) is 17.0. The maximum atomic E-state index is 5.38. The van der Waals surface area contributed by atoms with Gasteiger partial charge in [-0.1, -0.05) is 35.9 Å². The van der Waals surface area contributed by atoms with Crippen LogP contribution in [-0.4, -0.2) is 38.2 Å². The largest absolute Gasteiger partial charge is 0.497 e. The summed E-state index contributed by atoms with van der Waals surface area (Å²) in [4.78, 5) is 2.58. The molecule has 122 valence electrons. The van der Waals surface area contributed by atoms with Crippen LogP contribution in [0.15, 0.2) is 42.5 Å². The molecule has 0 aliphatic carbocycles. The number of ether oxygens (including phenoxy) is 1. The van der Waals surface area contributed by atoms with Crippen molar-refractivity contribution in [1.29, 1.82) is 0 Å². The second-order valence-electron chi connectivity index (χ2n) is 6.33. The lowest BCUT2D eigenvalue weighted by Gasteiger charge is -2.36. The standard InChI is InChI=1S/C20H26N2O/c1-15-5-4-6-17(13-15)20(22-11-9-21-10-12-22)19-8-7-18(23-3)14-16(19)2/h4-8,13-14,20-21H,9-12H2,1-3H3. The second-order valence-corrected chi connectivity index (χ2v) is 6.33. The molecule has 2 aromatic carbocycles. The van der Waals surface area contributed by atoms with Gasteiger partial charge in [-0.25, -0.2) is 0 Å². The SMILES string of the molecule is COc1ccc(C(c2cccc(C)c2)N2CCNCC2)c(C)c1. The number of nitrogens with zero attached hydrogens (tertiary/aromatic N) is 1. The molecular weight excluding hydrogens is 284 g/mol. The molecule has 1 aliphatic heterocycles. The molecule has 1 N–H and O–H groups in total. The fourth-order valence-corrected chi connectivity index (χ4v) is 3.45. The van der Waals surface area contributed by atoms with Crippen LogP contribution in [0.3, 0.4) is 0 Å². The lowest BCUT2D eigenvalue weighted by atomic mass is 9.92. The molecule has 1 aliphatic rings. The van der Waals surface area contributed by atoms with E-state index in [1.165, 1.54) is 22.3 Å². The molecule has 1 saturated heterocycles. The average molecular weight is 310 g/mol. The van der Waals surface area contributed by atoms with E-state index in [4.69, 9.17) is 4.74 Å². The van der Waals surface area contributed by atoms with Crippen molar-refractivity contribution in [2.45, 2.75) is 19.9 Å². The fraction of sp³-hybridized carbons (Fsp3) is 0.400. The minimum absolute atomic E-state index is 0.308. The Bertz CT molecular complexity index is 662. The molecule has 0 bridgehead atoms. The van der Waals surface area contributed by atoms with E-state index < -0.39 is 0 Å². The van der Waals surface area contributed by atoms with Crippen LogP contribution in [0.25, 0.3) is 0 Å². The van der Waals surface area contributed by atoms with Crippen LogP contribution >= 0.6 is 0 Å². The molecular formula is C20H26N2O. The van der Waals surface area contributed by atoms with Crippen LogP contribution in [0, 0.1) is 13.8 Å². The quantitative estimate of drug-likeness (QED) is 0.938. The van der Waals surface area contributed by atoms with E-state index >= 15 is 0 Å². The Balaban J connectivity index is 2.04. The lowest BCUT2D eigenvalue weighted by Crippen LogP contribution is -2.45. The monoisotopic (exact) mass is 310 g/mol. The first-order valence-corrected chi connectivity index (χ1v) is 8.35. The Morgan fingerprint density at radius 3 is 2.48 bits per heavy atom. The van der Waals surface area contributed by atoms with Crippen LogP contribution in [0.1, 0.15) is 28.3 Å². The van der Waals surface area contributed by atoms with Crippen LogP contribution < -0.4 is 10.1 Å². The van der Waals surface area contributed by atoms with E-state index in [9.17, 15) is 0 Å². The first kappa shape index (κ1) is 16.0. The van der Waals surface area contributed by atoms with E-state index in [1.807, 2.05) is 0 Å². The molecule has 3 rings (SSSR count). The first-order chi connectivity index (χ1) is 11.2. The van der Waals surface area contributed by atoms with Crippen molar-refractivity contribution in [2.24, 2.45) is 0 Å². The third-order valence-corrected chi connectivity index (χ3v) is 4.65. The van der Waals surface area contributed by atoms with Gasteiger partial charge in [-0.05, 0) is 42.7 Å². The summed E-state index contributed by atoms with van der Waals surface area (Å²) in [6.07, 6.45) is 0. The third-order valence-electron chi connectivity index (χ3n) is 4.65. The van der Waals surface area contributed by atoms with Crippen LogP contribution in [0.4, 0.5) is 0 Å². The van der Waals surface area contributed by atoms with Gasteiger partial charge in [0, 0.05) is 26.2 Å². The molecule has 1 heterocycles. The highest BCUT2D eigenvalue weighted by atomic mass is 16.5. The zero-order valence-electron chi connectivity index (χ0n) is 14.3. The molecule has 0 aromatic heterocycles. The minimum Gasteiger partial charge on any atom is -0.497 e. The Kier molecular flexibility index (Phi) is 4.99. The first-order valence-electron chi connectivity index (χ1n) is 8.35. The van der Waals surface area contributed by atoms with Crippen LogP contribution in [-0.2, 0) is 0 Å². The Morgan fingerprint density at radius 1 is 1.04 bits per heavy atom. The summed E-state index contributed by atoms with van der Waals surface area (Å²) in [5.41, 5.74) is 5.35. The van der Waals surface area contributed by atoms with Gasteiger partial charge >= 0.3 is 0 Å². The molecule has 0 spiro atoms. The summed E-state index contributed by atoms with van der Waals surface area (Å²) in [6, 6.07) is 15.7. The van der Waals surface area contributed by atoms with Gasteiger partial charge in [0.1, 0.15) is 5.75 Å². The summed E-state index contributed by atoms with van der Waals surface area (Å²) >= 11 is 0. The van der Waals surface area contributed by atoms with E-state index in [2.05, 4.69) is 66.5 Å². The summed E-state index contributed by atoms with van der Waals surface area (Å²) in [5, 5.41) is 3.46. The van der Waals surface area contributed by atoms with Gasteiger partial charge in [0.2, 0.25) is 0 Å². The number of hydrogen-bond donors (Lipinski definition) is 1. The van der Waals surface area contributed by atoms with Crippen molar-refractivity contribution in [3.8, 4) is 5.75 Å². The topological polar surface area (TPSA) is 24.5 Å². The summed E-state index contributed by atoms with van der Waals surface area (Å²) < 4.78 is 5.38. The van der Waals surface area contributed by atoms with Gasteiger partial charge < -0.3 is 10.1 Å². The molecule has 1 atom stereocenters. The Morgan fingerprint density at radius 2 is 1.83 bits per heavy atom. The smallest absolute Gasteiger partial charge is 0.119 e. The van der Waals surface area contributed by atoms with E-state index in [0.717, 1.165) is 31.9 Å². The Hall–Kier alpha value is -1.84. The fourth-order valence-electron chi connectivity index (χ4n) is 3.45. The van der Waals surface area contributed by atoms with Gasteiger partial charge in [0.05, 0.1) is 13.2 Å². The highest BCUT2D eigenvalue weighted by molar-refractivity contribution is 5.42. The zero-order chi connectivity index (χ0) is 16.2. The van der Waals surface area contributed by atoms with E-state index in [-0.39, 0.29) is 0 Å². The van der Waals surface area contributed by atoms with E-state index in [1.54, 1.807) is 7.11 Å². The number of rotatable bonds is 4. The Labute approximate surface area is 139 Å². The molecule has 0 saturated carbocycles. The molecule has 0 amide bonds. The predicted octanol–water partition coefficient (Wildman–Crippen LogP) is 3.31. The van der Waals surface area contributed by atoms with Gasteiger partial charge in [-0.3, -0.25) is 4.90 Å². The number of piperazine rings is 1. The maximum absolute atomic E-state index is 5.38. The van der Waals surface area contributed by atoms with Crippen molar-refractivity contribution >= 4 is 0 Å². The second kappa shape index (κ2) is 7.16. The lowest BCUT2D eigenvalue weighted by molar-refractivity contribution is 0.198. The summed E-state index contributed by atoms with van der Waals surface area (Å²) in [6.45, 7) is 8.60. The van der Waals surface area contributed by atoms with Gasteiger partial charge in [-0.2, -0.15) is 0 Å². The number of benzene rings is 2. The van der Waals surface area contributed by atoms with Crippen LogP contribution in [0.5, 0.6) is 5.75 Å². The van der Waals surface area contributed by atoms with Crippen molar-refractivity contribution in [2.75, 3.05) is 33.3 Å². The predicted molar refractivity (Wildman–Crippen MR) is 95.2 cm³/mol. The van der Waals surface area contributed by atoms with Gasteiger partial charge in [0.25, 0.3) is 0 Å². The maximum Gasteiger partial charge on any atom is 0.119 e.